The van der Waals surface area contributed by atoms with Gasteiger partial charge >= 0.3 is 0 Å². The number of hydrogen-bond acceptors (Lipinski definition) is 0. The average molecular weight is 174 g/mol. The lowest BCUT2D eigenvalue weighted by Gasteiger charge is -2.32. The Bertz CT molecular complexity index is 261. The summed E-state index contributed by atoms with van der Waals surface area (Å²) in [6.45, 7) is 0. The third-order valence-corrected chi connectivity index (χ3v) is 4.27. The van der Waals surface area contributed by atoms with Gasteiger partial charge < -0.3 is 0 Å². The van der Waals surface area contributed by atoms with Crippen LogP contribution in [0.3, 0.4) is 0 Å². The molecule has 0 amide bonds. The van der Waals surface area contributed by atoms with Gasteiger partial charge in [0.2, 0.25) is 0 Å². The summed E-state index contributed by atoms with van der Waals surface area (Å²) in [6, 6.07) is 0. The number of rotatable bonds is 0. The fraction of sp³-hybridized carbons (Fsp3) is 0.692. The fourth-order valence-electron chi connectivity index (χ4n) is 3.59. The van der Waals surface area contributed by atoms with Gasteiger partial charge in [0.25, 0.3) is 0 Å². The summed E-state index contributed by atoms with van der Waals surface area (Å²) in [5.41, 5.74) is 0.607. The summed E-state index contributed by atoms with van der Waals surface area (Å²) in [6.07, 6.45) is 18.5. The van der Waals surface area contributed by atoms with Crippen molar-refractivity contribution in [3.8, 4) is 0 Å². The molecule has 0 saturated heterocycles. The van der Waals surface area contributed by atoms with E-state index in [-0.39, 0.29) is 0 Å². The van der Waals surface area contributed by atoms with E-state index in [4.69, 9.17) is 0 Å². The van der Waals surface area contributed by atoms with Crippen molar-refractivity contribution in [2.24, 2.45) is 17.3 Å². The van der Waals surface area contributed by atoms with Crippen molar-refractivity contribution in [2.45, 2.75) is 38.5 Å². The van der Waals surface area contributed by atoms with Crippen LogP contribution in [0.2, 0.25) is 0 Å². The van der Waals surface area contributed by atoms with E-state index < -0.39 is 0 Å². The van der Waals surface area contributed by atoms with E-state index in [9.17, 15) is 0 Å². The molecule has 3 aliphatic rings. The zero-order chi connectivity index (χ0) is 8.73. The predicted octanol–water partition coefficient (Wildman–Crippen LogP) is 3.70. The first-order valence-corrected chi connectivity index (χ1v) is 5.75. The topological polar surface area (TPSA) is 0 Å². The molecule has 3 aliphatic carbocycles. The van der Waals surface area contributed by atoms with Gasteiger partial charge in [-0.2, -0.15) is 0 Å². The first-order chi connectivity index (χ1) is 6.39. The molecule has 0 nitrogen and oxygen atoms in total. The number of fused-ring (bicyclic) bond motifs is 3. The molecular formula is C13H18. The molecule has 0 radical (unpaired) electrons. The molecule has 0 aliphatic heterocycles. The Hall–Kier alpha value is -0.520. The van der Waals surface area contributed by atoms with Crippen molar-refractivity contribution in [2.75, 3.05) is 0 Å². The summed E-state index contributed by atoms with van der Waals surface area (Å²) in [4.78, 5) is 0. The Morgan fingerprint density at radius 2 is 2.15 bits per heavy atom. The van der Waals surface area contributed by atoms with E-state index in [1.165, 1.54) is 38.5 Å². The van der Waals surface area contributed by atoms with Crippen LogP contribution >= 0.6 is 0 Å². The molecule has 70 valence electrons. The van der Waals surface area contributed by atoms with Crippen LogP contribution in [-0.2, 0) is 0 Å². The molecule has 1 saturated carbocycles. The van der Waals surface area contributed by atoms with Crippen LogP contribution in [0.25, 0.3) is 0 Å². The van der Waals surface area contributed by atoms with Gasteiger partial charge in [-0.25, -0.2) is 0 Å². The highest BCUT2D eigenvalue weighted by atomic mass is 14.5. The van der Waals surface area contributed by atoms with E-state index in [0.717, 1.165) is 11.8 Å². The summed E-state index contributed by atoms with van der Waals surface area (Å²) in [5.74, 6) is 1.82. The molecule has 3 atom stereocenters. The minimum atomic E-state index is 0.607. The van der Waals surface area contributed by atoms with Crippen molar-refractivity contribution in [1.82, 2.24) is 0 Å². The largest absolute Gasteiger partial charge is 0.0880 e. The van der Waals surface area contributed by atoms with Gasteiger partial charge in [-0.05, 0) is 49.4 Å². The Morgan fingerprint density at radius 3 is 2.92 bits per heavy atom. The highest BCUT2D eigenvalue weighted by Crippen LogP contribution is 2.56. The maximum Gasteiger partial charge on any atom is -0.00497 e. The van der Waals surface area contributed by atoms with Crippen molar-refractivity contribution in [1.29, 1.82) is 0 Å². The van der Waals surface area contributed by atoms with Crippen molar-refractivity contribution < 1.29 is 0 Å². The van der Waals surface area contributed by atoms with Crippen LogP contribution in [0.15, 0.2) is 24.3 Å². The van der Waals surface area contributed by atoms with E-state index in [0.29, 0.717) is 5.41 Å². The molecule has 0 aromatic carbocycles. The average Bonchev–Trinajstić information content (AvgIpc) is 2.63. The Labute approximate surface area is 80.7 Å². The van der Waals surface area contributed by atoms with Crippen LogP contribution in [0.4, 0.5) is 0 Å². The van der Waals surface area contributed by atoms with Crippen LogP contribution in [-0.4, -0.2) is 0 Å². The molecule has 0 aromatic heterocycles. The van der Waals surface area contributed by atoms with Gasteiger partial charge in [0.05, 0.1) is 0 Å². The first kappa shape index (κ1) is 7.84. The molecule has 1 fully saturated rings. The molecule has 3 rings (SSSR count). The molecule has 0 heteroatoms. The molecule has 13 heavy (non-hydrogen) atoms. The van der Waals surface area contributed by atoms with Crippen molar-refractivity contribution in [3.63, 3.8) is 0 Å². The Morgan fingerprint density at radius 1 is 1.15 bits per heavy atom. The maximum atomic E-state index is 2.56. The second-order valence-electron chi connectivity index (χ2n) is 5.07. The molecular weight excluding hydrogens is 156 g/mol. The lowest BCUT2D eigenvalue weighted by molar-refractivity contribution is 0.284. The highest BCUT2D eigenvalue weighted by molar-refractivity contribution is 5.21. The standard InChI is InChI=1S/C13H18/c1-2-4-8-13(7-3-1)10-11-5-6-12(13)9-11/h3,5-7,11-12H,1-2,4,8-10H2. The minimum absolute atomic E-state index is 0.607. The third-order valence-electron chi connectivity index (χ3n) is 4.27. The minimum Gasteiger partial charge on any atom is -0.0880 e. The van der Waals surface area contributed by atoms with E-state index in [1.807, 2.05) is 0 Å². The zero-order valence-electron chi connectivity index (χ0n) is 8.21. The maximum absolute atomic E-state index is 2.56. The van der Waals surface area contributed by atoms with E-state index in [2.05, 4.69) is 24.3 Å². The molecule has 0 heterocycles. The summed E-state index contributed by atoms with van der Waals surface area (Å²) in [7, 11) is 0. The predicted molar refractivity (Wildman–Crippen MR) is 55.4 cm³/mol. The van der Waals surface area contributed by atoms with Gasteiger partial charge in [0.1, 0.15) is 0 Å². The summed E-state index contributed by atoms with van der Waals surface area (Å²) < 4.78 is 0. The van der Waals surface area contributed by atoms with Crippen molar-refractivity contribution >= 4 is 0 Å². The zero-order valence-corrected chi connectivity index (χ0v) is 8.21. The molecule has 3 unspecified atom stereocenters. The van der Waals surface area contributed by atoms with Crippen molar-refractivity contribution in [3.05, 3.63) is 24.3 Å². The fourth-order valence-corrected chi connectivity index (χ4v) is 3.59. The molecule has 1 spiro atoms. The van der Waals surface area contributed by atoms with Crippen LogP contribution in [0.5, 0.6) is 0 Å². The van der Waals surface area contributed by atoms with E-state index >= 15 is 0 Å². The molecule has 0 N–H and O–H groups in total. The van der Waals surface area contributed by atoms with Crippen LogP contribution in [0.1, 0.15) is 38.5 Å². The van der Waals surface area contributed by atoms with Gasteiger partial charge in [0, 0.05) is 0 Å². The van der Waals surface area contributed by atoms with Gasteiger partial charge in [-0.1, -0.05) is 30.7 Å². The Balaban J connectivity index is 1.91. The van der Waals surface area contributed by atoms with Gasteiger partial charge in [0.15, 0.2) is 0 Å². The third kappa shape index (κ3) is 1.11. The first-order valence-electron chi connectivity index (χ1n) is 5.75. The van der Waals surface area contributed by atoms with Gasteiger partial charge in [-0.15, -0.1) is 0 Å². The lowest BCUT2D eigenvalue weighted by Crippen LogP contribution is -2.22. The molecule has 0 aromatic rings. The summed E-state index contributed by atoms with van der Waals surface area (Å²) in [5, 5.41) is 0. The van der Waals surface area contributed by atoms with Crippen LogP contribution < -0.4 is 0 Å². The molecule has 2 bridgehead atoms. The lowest BCUT2D eigenvalue weighted by atomic mass is 9.73. The monoisotopic (exact) mass is 174 g/mol. The highest BCUT2D eigenvalue weighted by Gasteiger charge is 2.46. The van der Waals surface area contributed by atoms with Gasteiger partial charge in [-0.3, -0.25) is 0 Å². The normalized spacial score (nSPS) is 47.4. The second-order valence-corrected chi connectivity index (χ2v) is 5.07. The SMILES string of the molecule is C1=CC2(CCCC1)CC1C=CC2C1. The van der Waals surface area contributed by atoms with Crippen LogP contribution in [0, 0.1) is 17.3 Å². The Kier molecular flexibility index (Phi) is 1.65. The number of allylic oxidation sites excluding steroid dienone is 4. The quantitative estimate of drug-likeness (QED) is 0.491. The smallest absolute Gasteiger partial charge is 0.00497 e. The van der Waals surface area contributed by atoms with E-state index in [1.54, 1.807) is 0 Å². The second kappa shape index (κ2) is 2.73. The number of hydrogen-bond donors (Lipinski definition) is 0. The summed E-state index contributed by atoms with van der Waals surface area (Å²) >= 11 is 0.